The van der Waals surface area contributed by atoms with Gasteiger partial charge in [0, 0.05) is 6.54 Å². The van der Waals surface area contributed by atoms with Gasteiger partial charge in [-0.15, -0.1) is 0 Å². The van der Waals surface area contributed by atoms with Crippen LogP contribution in [-0.2, 0) is 9.59 Å². The van der Waals surface area contributed by atoms with E-state index in [-0.39, 0.29) is 0 Å². The second-order valence-corrected chi connectivity index (χ2v) is 10.0. The van der Waals surface area contributed by atoms with E-state index in [9.17, 15) is 24.9 Å². The lowest BCUT2D eigenvalue weighted by Crippen LogP contribution is -2.52. The van der Waals surface area contributed by atoms with Gasteiger partial charge in [0.1, 0.15) is 12.2 Å². The highest BCUT2D eigenvalue weighted by atomic mass is 16.4. The molecule has 9 nitrogen and oxygen atoms in total. The summed E-state index contributed by atoms with van der Waals surface area (Å²) in [6.07, 6.45) is 14.3. The first-order valence-corrected chi connectivity index (χ1v) is 14.8. The molecular weight excluding hydrogens is 476 g/mol. The maximum Gasteiger partial charge on any atom is 0.335 e. The van der Waals surface area contributed by atoms with Crippen LogP contribution in [0.4, 0.5) is 0 Å². The number of amides is 1. The summed E-state index contributed by atoms with van der Waals surface area (Å²) in [5, 5.41) is 48.6. The minimum atomic E-state index is -2.28. The van der Waals surface area contributed by atoms with Crippen LogP contribution in [0.3, 0.4) is 0 Å². The number of carboxylic acid groups (broad SMARTS) is 1. The Morgan fingerprint density at radius 3 is 1.32 bits per heavy atom. The Bertz CT molecular complexity index is 513. The summed E-state index contributed by atoms with van der Waals surface area (Å²) in [5.74, 6) is -2.67. The van der Waals surface area contributed by atoms with Gasteiger partial charge in [0.2, 0.25) is 0 Å². The third-order valence-corrected chi connectivity index (χ3v) is 6.45. The highest BCUT2D eigenvalue weighted by Crippen LogP contribution is 2.10. The minimum absolute atomic E-state index is 0.316. The molecule has 0 aliphatic carbocycles. The largest absolute Gasteiger partial charge is 0.479 e. The molecule has 37 heavy (non-hydrogen) atoms. The van der Waals surface area contributed by atoms with Gasteiger partial charge in [0.25, 0.3) is 5.91 Å². The van der Waals surface area contributed by atoms with Gasteiger partial charge in [-0.25, -0.2) is 4.79 Å². The number of aliphatic hydroxyl groups is 4. The summed E-state index contributed by atoms with van der Waals surface area (Å²) < 4.78 is 0. The number of hydrogen-bond donors (Lipinski definition) is 7. The van der Waals surface area contributed by atoms with E-state index in [0.29, 0.717) is 6.54 Å². The Morgan fingerprint density at radius 1 is 0.595 bits per heavy atom. The zero-order chi connectivity index (χ0) is 28.3. The molecule has 0 unspecified atom stereocenters. The summed E-state index contributed by atoms with van der Waals surface area (Å²) in [4.78, 5) is 22.2. The lowest BCUT2D eigenvalue weighted by molar-refractivity contribution is -0.368. The Labute approximate surface area is 225 Å². The molecule has 0 aliphatic heterocycles. The van der Waals surface area contributed by atoms with Crippen LogP contribution in [0, 0.1) is 0 Å². The molecule has 1 amide bonds. The van der Waals surface area contributed by atoms with Gasteiger partial charge in [0.15, 0.2) is 12.2 Å². The second kappa shape index (κ2) is 27.8. The topological polar surface area (TPSA) is 175 Å². The average molecular weight is 536 g/mol. The summed E-state index contributed by atoms with van der Waals surface area (Å²) >= 11 is 0. The quantitative estimate of drug-likeness (QED) is 0.0930. The van der Waals surface area contributed by atoms with Crippen LogP contribution in [0.2, 0.25) is 0 Å². The predicted octanol–water partition coefficient (Wildman–Crippen LogP) is 2.92. The maximum atomic E-state index is 11.7. The first-order valence-electron chi connectivity index (χ1n) is 14.8. The van der Waals surface area contributed by atoms with Gasteiger partial charge in [0.05, 0.1) is 6.54 Å². The smallest absolute Gasteiger partial charge is 0.335 e. The fraction of sp³-hybridized carbons (Fsp3) is 0.929. The fourth-order valence-corrected chi connectivity index (χ4v) is 3.91. The monoisotopic (exact) mass is 535 g/mol. The molecule has 0 aromatic carbocycles. The Balaban J connectivity index is 0. The number of unbranched alkanes of at least 4 members (excludes halogenated alkanes) is 16. The zero-order valence-corrected chi connectivity index (χ0v) is 23.7. The predicted molar refractivity (Wildman–Crippen MR) is 147 cm³/mol. The molecule has 0 aromatic heterocycles. The van der Waals surface area contributed by atoms with Crippen molar-refractivity contribution in [3.05, 3.63) is 0 Å². The van der Waals surface area contributed by atoms with Crippen LogP contribution in [0.15, 0.2) is 0 Å². The van der Waals surface area contributed by atoms with E-state index in [2.05, 4.69) is 24.9 Å². The molecule has 0 bridgehead atoms. The van der Waals surface area contributed by atoms with Crippen molar-refractivity contribution in [1.82, 2.24) is 5.32 Å². The van der Waals surface area contributed by atoms with Gasteiger partial charge in [-0.1, -0.05) is 110 Å². The van der Waals surface area contributed by atoms with E-state index in [1.807, 2.05) is 0 Å². The van der Waals surface area contributed by atoms with Crippen LogP contribution in [0.25, 0.3) is 0 Å². The summed E-state index contributed by atoms with van der Waals surface area (Å²) in [5.41, 5.74) is 3.84. The number of rotatable bonds is 24. The van der Waals surface area contributed by atoms with Crippen LogP contribution >= 0.6 is 0 Å². The summed E-state index contributed by atoms with van der Waals surface area (Å²) in [6.45, 7) is 5.89. The molecule has 0 saturated carbocycles. The van der Waals surface area contributed by atoms with E-state index in [4.69, 9.17) is 10.2 Å². The first kappa shape index (κ1) is 37.9. The number of quaternary nitrogens is 1. The first-order chi connectivity index (χ1) is 17.7. The Hall–Kier alpha value is -1.26. The number of hydrogen-bond acceptors (Lipinski definition) is 6. The minimum Gasteiger partial charge on any atom is -0.479 e. The van der Waals surface area contributed by atoms with Crippen molar-refractivity contribution < 1.29 is 40.9 Å². The molecular formula is C28H59N2O7+. The van der Waals surface area contributed by atoms with Gasteiger partial charge in [-0.2, -0.15) is 0 Å². The van der Waals surface area contributed by atoms with Crippen molar-refractivity contribution in [1.29, 1.82) is 0 Å². The van der Waals surface area contributed by atoms with Crippen molar-refractivity contribution in [2.24, 2.45) is 0 Å². The number of nitrogens with one attached hydrogen (secondary N) is 1. The van der Waals surface area contributed by atoms with Gasteiger partial charge in [-0.3, -0.25) is 4.79 Å². The molecule has 0 spiro atoms. The van der Waals surface area contributed by atoms with E-state index in [1.165, 1.54) is 89.9 Å². The number of carboxylic acids is 1. The molecule has 0 radical (unpaired) electrons. The molecule has 0 rings (SSSR count). The maximum absolute atomic E-state index is 11.7. The average Bonchev–Trinajstić information content (AvgIpc) is 2.89. The zero-order valence-electron chi connectivity index (χ0n) is 23.7. The Kier molecular flexibility index (Phi) is 28.4. The van der Waals surface area contributed by atoms with Crippen LogP contribution in [0.5, 0.6) is 0 Å². The van der Waals surface area contributed by atoms with Crippen LogP contribution < -0.4 is 11.1 Å². The van der Waals surface area contributed by atoms with E-state index in [1.54, 1.807) is 0 Å². The molecule has 9 heteroatoms. The third kappa shape index (κ3) is 23.6. The van der Waals surface area contributed by atoms with Crippen molar-refractivity contribution in [2.75, 3.05) is 13.1 Å². The van der Waals surface area contributed by atoms with E-state index >= 15 is 0 Å². The summed E-state index contributed by atoms with van der Waals surface area (Å²) in [6, 6.07) is 0. The van der Waals surface area contributed by atoms with Crippen molar-refractivity contribution in [2.45, 2.75) is 154 Å². The molecule has 0 heterocycles. The molecule has 0 saturated heterocycles. The lowest BCUT2D eigenvalue weighted by atomic mass is 10.0. The number of aliphatic carboxylic acids is 1. The highest BCUT2D eigenvalue weighted by Gasteiger charge is 2.37. The van der Waals surface area contributed by atoms with Crippen molar-refractivity contribution in [3.63, 3.8) is 0 Å². The molecule has 9 N–H and O–H groups in total. The summed E-state index contributed by atoms with van der Waals surface area (Å²) in [7, 11) is 0. The van der Waals surface area contributed by atoms with Crippen LogP contribution in [-0.4, -0.2) is 74.9 Å². The standard InChI is InChI=1S/C17H33NO7.C11H25N/c1-2-3-4-5-6-7-8-9-10-11-18-16(23)14(21)12(19)13(20)15(22)17(24)25;1-2-3-4-5-6-7-8-9-10-11-12/h12-15,19-22H,2-11H2,1H3,(H,18,23)(H,24,25);2-12H2,1H3/p+1/t12-,13-,14+,15-;/m1./s1. The SMILES string of the molecule is CCCCCCCCCCCNC(=O)[C@@H](O)[C@H](O)[C@@H](O)[C@@H](O)C(=O)O.CCCCCCCCCCC[NH3+]. The molecule has 0 aliphatic rings. The van der Waals surface area contributed by atoms with E-state index in [0.717, 1.165) is 32.2 Å². The second-order valence-electron chi connectivity index (χ2n) is 10.0. The fourth-order valence-electron chi connectivity index (χ4n) is 3.91. The van der Waals surface area contributed by atoms with Crippen LogP contribution in [0.1, 0.15) is 129 Å². The van der Waals surface area contributed by atoms with Gasteiger partial charge >= 0.3 is 5.97 Å². The van der Waals surface area contributed by atoms with Crippen molar-refractivity contribution in [3.8, 4) is 0 Å². The molecule has 222 valence electrons. The number of carbonyl (C=O) groups excluding carboxylic acids is 1. The number of carbonyl (C=O) groups is 2. The number of aliphatic hydroxyl groups excluding tert-OH is 4. The van der Waals surface area contributed by atoms with E-state index < -0.39 is 36.3 Å². The Morgan fingerprint density at radius 2 is 0.946 bits per heavy atom. The lowest BCUT2D eigenvalue weighted by Gasteiger charge is -2.23. The molecule has 4 atom stereocenters. The molecule has 0 aromatic rings. The normalized spacial score (nSPS) is 14.2. The molecule has 0 fully saturated rings. The van der Waals surface area contributed by atoms with Gasteiger partial charge < -0.3 is 36.6 Å². The van der Waals surface area contributed by atoms with Gasteiger partial charge in [-0.05, 0) is 19.3 Å². The van der Waals surface area contributed by atoms with Crippen molar-refractivity contribution >= 4 is 11.9 Å². The third-order valence-electron chi connectivity index (χ3n) is 6.45. The highest BCUT2D eigenvalue weighted by molar-refractivity contribution is 5.81.